The summed E-state index contributed by atoms with van der Waals surface area (Å²) in [5.74, 6) is 0. The summed E-state index contributed by atoms with van der Waals surface area (Å²) in [6, 6.07) is 53.3. The number of nitrogens with zero attached hydrogens (tertiary/aromatic N) is 2. The Morgan fingerprint density at radius 3 is 1.44 bits per heavy atom. The fraction of sp³-hybridized carbons (Fsp3) is 0.175. The Hall–Kier alpha value is -4.73. The maximum absolute atomic E-state index is 6.97. The van der Waals surface area contributed by atoms with E-state index in [1.807, 2.05) is 6.33 Å². The minimum atomic E-state index is -0.577. The first-order valence-corrected chi connectivity index (χ1v) is 15.2. The van der Waals surface area contributed by atoms with Gasteiger partial charge in [-0.05, 0) is 34.2 Å². The van der Waals surface area contributed by atoms with Crippen LogP contribution in [0.3, 0.4) is 0 Å². The van der Waals surface area contributed by atoms with E-state index in [0.717, 1.165) is 36.1 Å². The lowest BCUT2D eigenvalue weighted by Gasteiger charge is -2.37. The highest BCUT2D eigenvalue weighted by Crippen LogP contribution is 2.41. The summed E-state index contributed by atoms with van der Waals surface area (Å²) in [5.41, 5.74) is 6.33. The maximum atomic E-state index is 6.97. The zero-order valence-corrected chi connectivity index (χ0v) is 24.7. The van der Waals surface area contributed by atoms with Gasteiger partial charge in [-0.1, -0.05) is 165 Å². The van der Waals surface area contributed by atoms with Gasteiger partial charge in [0.15, 0.2) is 0 Å². The van der Waals surface area contributed by atoms with Crippen LogP contribution in [-0.2, 0) is 16.7 Å². The molecular formula is C40H38N2O. The van der Waals surface area contributed by atoms with Gasteiger partial charge in [-0.15, -0.1) is 0 Å². The van der Waals surface area contributed by atoms with E-state index in [1.54, 1.807) is 0 Å². The predicted molar refractivity (Wildman–Crippen MR) is 175 cm³/mol. The van der Waals surface area contributed by atoms with E-state index in [0.29, 0.717) is 0 Å². The molecule has 0 saturated heterocycles. The highest BCUT2D eigenvalue weighted by molar-refractivity contribution is 5.50. The zero-order valence-electron chi connectivity index (χ0n) is 24.7. The largest absolute Gasteiger partial charge is 0.365 e. The Kier molecular flexibility index (Phi) is 8.91. The van der Waals surface area contributed by atoms with Crippen molar-refractivity contribution in [3.05, 3.63) is 198 Å². The van der Waals surface area contributed by atoms with Crippen LogP contribution in [0, 0.1) is 0 Å². The van der Waals surface area contributed by atoms with Crippen LogP contribution in [0.15, 0.2) is 164 Å². The Labute approximate surface area is 255 Å². The summed E-state index contributed by atoms with van der Waals surface area (Å²) in [5, 5.41) is 0. The Bertz CT molecular complexity index is 1530. The molecule has 1 aromatic heterocycles. The minimum absolute atomic E-state index is 0.0124. The van der Waals surface area contributed by atoms with Crippen molar-refractivity contribution in [2.24, 2.45) is 0 Å². The smallest absolute Gasteiger partial charge is 0.121 e. The van der Waals surface area contributed by atoms with Crippen LogP contribution >= 0.6 is 0 Å². The van der Waals surface area contributed by atoms with Gasteiger partial charge in [-0.3, -0.25) is 0 Å². The summed E-state index contributed by atoms with van der Waals surface area (Å²) in [6.45, 7) is 2.22. The molecule has 0 bridgehead atoms. The average Bonchev–Trinajstić information content (AvgIpc) is 3.55. The number of hydrogen-bond donors (Lipinski definition) is 0. The molecule has 0 aliphatic carbocycles. The number of benzene rings is 5. The van der Waals surface area contributed by atoms with Gasteiger partial charge in [0.25, 0.3) is 0 Å². The molecule has 0 saturated carbocycles. The molecule has 0 amide bonds. The molecule has 1 atom stereocenters. The first-order chi connectivity index (χ1) is 21.3. The van der Waals surface area contributed by atoms with Gasteiger partial charge in [0.1, 0.15) is 11.6 Å². The molecule has 6 aromatic rings. The van der Waals surface area contributed by atoms with Crippen molar-refractivity contribution < 1.29 is 4.74 Å². The van der Waals surface area contributed by atoms with Crippen molar-refractivity contribution in [3.63, 3.8) is 0 Å². The molecule has 0 N–H and O–H groups in total. The van der Waals surface area contributed by atoms with Gasteiger partial charge < -0.3 is 9.30 Å². The number of aromatic nitrogens is 2. The third-order valence-electron chi connectivity index (χ3n) is 8.18. The highest BCUT2D eigenvalue weighted by atomic mass is 16.5. The predicted octanol–water partition coefficient (Wildman–Crippen LogP) is 9.24. The third kappa shape index (κ3) is 6.09. The molecule has 3 heteroatoms. The molecule has 0 aliphatic rings. The van der Waals surface area contributed by atoms with Crippen LogP contribution in [0.1, 0.15) is 59.4 Å². The van der Waals surface area contributed by atoms with E-state index in [1.165, 1.54) is 16.7 Å². The van der Waals surface area contributed by atoms with Crippen molar-refractivity contribution in [3.8, 4) is 0 Å². The molecule has 3 nitrogen and oxygen atoms in total. The highest BCUT2D eigenvalue weighted by Gasteiger charge is 2.38. The topological polar surface area (TPSA) is 27.1 Å². The molecule has 43 heavy (non-hydrogen) atoms. The van der Waals surface area contributed by atoms with E-state index in [2.05, 4.69) is 169 Å². The fourth-order valence-corrected chi connectivity index (χ4v) is 6.21. The van der Waals surface area contributed by atoms with Gasteiger partial charge in [0, 0.05) is 12.6 Å². The summed E-state index contributed by atoms with van der Waals surface area (Å²) in [6.07, 6.45) is 6.80. The first-order valence-electron chi connectivity index (χ1n) is 15.2. The quantitative estimate of drug-likeness (QED) is 0.139. The van der Waals surface area contributed by atoms with Crippen molar-refractivity contribution >= 4 is 0 Å². The van der Waals surface area contributed by atoms with Crippen molar-refractivity contribution in [2.45, 2.75) is 43.9 Å². The molecule has 0 spiro atoms. The Morgan fingerprint density at radius 2 is 1.02 bits per heavy atom. The van der Waals surface area contributed by atoms with Crippen LogP contribution in [0.25, 0.3) is 0 Å². The van der Waals surface area contributed by atoms with Crippen molar-refractivity contribution in [1.29, 1.82) is 0 Å². The van der Waals surface area contributed by atoms with E-state index >= 15 is 0 Å². The molecule has 1 heterocycles. The number of hydrogen-bond acceptors (Lipinski definition) is 2. The average molecular weight is 563 g/mol. The number of imidazole rings is 1. The van der Waals surface area contributed by atoms with E-state index in [-0.39, 0.29) is 12.2 Å². The lowest BCUT2D eigenvalue weighted by Crippen LogP contribution is -2.37. The monoisotopic (exact) mass is 562 g/mol. The number of ether oxygens (including phenoxy) is 1. The lowest BCUT2D eigenvalue weighted by atomic mass is 9.77. The number of rotatable bonds is 12. The molecular weight excluding hydrogens is 524 g/mol. The standard InChI is InChI=1S/C40H38N2O/c1-2-18-38(43-39(32-19-8-3-9-20-32)33-21-10-4-11-22-33)29-37-30-42(31-41-37)40(34-23-12-5-13-24-34,35-25-14-6-15-26-35)36-27-16-7-17-28-36/h3-17,19-28,30-31,38-39H,2,18,29H2,1H3. The second-order valence-corrected chi connectivity index (χ2v) is 11.0. The van der Waals surface area contributed by atoms with Crippen LogP contribution in [-0.4, -0.2) is 15.7 Å². The first kappa shape index (κ1) is 28.4. The summed E-state index contributed by atoms with van der Waals surface area (Å²) >= 11 is 0. The second kappa shape index (κ2) is 13.5. The molecule has 0 radical (unpaired) electrons. The molecule has 0 aliphatic heterocycles. The van der Waals surface area contributed by atoms with E-state index < -0.39 is 5.54 Å². The fourth-order valence-electron chi connectivity index (χ4n) is 6.21. The van der Waals surface area contributed by atoms with Crippen LogP contribution < -0.4 is 0 Å². The van der Waals surface area contributed by atoms with Crippen LogP contribution in [0.4, 0.5) is 0 Å². The second-order valence-electron chi connectivity index (χ2n) is 11.0. The lowest BCUT2D eigenvalue weighted by molar-refractivity contribution is 0.00297. The minimum Gasteiger partial charge on any atom is -0.365 e. The van der Waals surface area contributed by atoms with Crippen molar-refractivity contribution in [1.82, 2.24) is 9.55 Å². The van der Waals surface area contributed by atoms with Gasteiger partial charge in [0.2, 0.25) is 0 Å². The Morgan fingerprint density at radius 1 is 0.605 bits per heavy atom. The van der Waals surface area contributed by atoms with Crippen LogP contribution in [0.5, 0.6) is 0 Å². The van der Waals surface area contributed by atoms with E-state index in [9.17, 15) is 0 Å². The molecule has 5 aromatic carbocycles. The molecule has 214 valence electrons. The summed E-state index contributed by atoms with van der Waals surface area (Å²) in [4.78, 5) is 5.02. The molecule has 1 unspecified atom stereocenters. The Balaban J connectivity index is 1.39. The SMILES string of the molecule is CCCC(Cc1cn(C(c2ccccc2)(c2ccccc2)c2ccccc2)cn1)OC(c1ccccc1)c1ccccc1. The maximum Gasteiger partial charge on any atom is 0.121 e. The van der Waals surface area contributed by atoms with E-state index in [4.69, 9.17) is 9.72 Å². The molecule has 0 fully saturated rings. The third-order valence-corrected chi connectivity index (χ3v) is 8.18. The van der Waals surface area contributed by atoms with Crippen LogP contribution in [0.2, 0.25) is 0 Å². The van der Waals surface area contributed by atoms with Gasteiger partial charge >= 0.3 is 0 Å². The van der Waals surface area contributed by atoms with Crippen molar-refractivity contribution in [2.75, 3.05) is 0 Å². The normalized spacial score (nSPS) is 12.3. The van der Waals surface area contributed by atoms with Gasteiger partial charge in [-0.25, -0.2) is 4.98 Å². The van der Waals surface area contributed by atoms with Gasteiger partial charge in [-0.2, -0.15) is 0 Å². The summed E-state index contributed by atoms with van der Waals surface area (Å²) < 4.78 is 9.26. The molecule has 6 rings (SSSR count). The van der Waals surface area contributed by atoms with Gasteiger partial charge in [0.05, 0.1) is 18.1 Å². The summed E-state index contributed by atoms with van der Waals surface area (Å²) in [7, 11) is 0. The zero-order chi connectivity index (χ0) is 29.3.